The van der Waals surface area contributed by atoms with Crippen LogP contribution in [0.5, 0.6) is 5.75 Å². The van der Waals surface area contributed by atoms with E-state index >= 15 is 0 Å². The molecule has 2 atom stereocenters. The summed E-state index contributed by atoms with van der Waals surface area (Å²) in [5.74, 6) is 1.30. The number of nitrogens with two attached hydrogens (primary N) is 1. The summed E-state index contributed by atoms with van der Waals surface area (Å²) in [6.45, 7) is 4.89. The molecule has 4 N–H and O–H groups in total. The molecule has 180 valence electrons. The van der Waals surface area contributed by atoms with Crippen LogP contribution < -0.4 is 19.9 Å². The van der Waals surface area contributed by atoms with Crippen molar-refractivity contribution in [2.75, 3.05) is 31.7 Å². The van der Waals surface area contributed by atoms with Crippen LogP contribution in [0.3, 0.4) is 0 Å². The Morgan fingerprint density at radius 2 is 2.09 bits per heavy atom. The third kappa shape index (κ3) is 5.21. The normalized spacial score (nSPS) is 13.0. The van der Waals surface area contributed by atoms with E-state index in [-0.39, 0.29) is 23.2 Å². The van der Waals surface area contributed by atoms with Crippen LogP contribution in [0.25, 0.3) is 5.52 Å². The summed E-state index contributed by atoms with van der Waals surface area (Å²) in [5.41, 5.74) is 8.15. The Morgan fingerprint density at radius 1 is 1.29 bits per heavy atom. The van der Waals surface area contributed by atoms with Crippen LogP contribution in [0.1, 0.15) is 29.9 Å². The second kappa shape index (κ2) is 10.3. The first-order valence-corrected chi connectivity index (χ1v) is 14.3. The standard InChI is InChI=1S/C24H28AsN9O/c1-15-8-10-34-20(15)21(25(9-11-33(3)4)17-6-5-7-18(35)12-17)31-23(32-34)16(2)30-24-19(13-26)22(27)28-14-29-24/h5-8,10,12,14,16,35H,9,11H2,1-4H3,(H3,27,28,29,30)/t16-,25?/m0/s1. The van der Waals surface area contributed by atoms with Crippen molar-refractivity contribution in [3.8, 4) is 11.8 Å². The van der Waals surface area contributed by atoms with Crippen LogP contribution in [-0.4, -0.2) is 69.9 Å². The summed E-state index contributed by atoms with van der Waals surface area (Å²) >= 11 is -1.95. The van der Waals surface area contributed by atoms with Gasteiger partial charge in [0.1, 0.15) is 0 Å². The topological polar surface area (TPSA) is 141 Å². The number of benzene rings is 1. The number of hydrogen-bond donors (Lipinski definition) is 3. The molecular formula is C24H28AsN9O. The van der Waals surface area contributed by atoms with Crippen molar-refractivity contribution in [1.82, 2.24) is 29.5 Å². The molecule has 35 heavy (non-hydrogen) atoms. The third-order valence-corrected chi connectivity index (χ3v) is 10.6. The predicted octanol–water partition coefficient (Wildman–Crippen LogP) is 1.33. The molecular weight excluding hydrogens is 505 g/mol. The van der Waals surface area contributed by atoms with Gasteiger partial charge in [0.2, 0.25) is 0 Å². The monoisotopic (exact) mass is 533 g/mol. The van der Waals surface area contributed by atoms with Crippen LogP contribution in [0.4, 0.5) is 11.6 Å². The van der Waals surface area contributed by atoms with Gasteiger partial charge in [0, 0.05) is 0 Å². The molecule has 0 saturated carbocycles. The molecule has 1 unspecified atom stereocenters. The molecule has 0 spiro atoms. The van der Waals surface area contributed by atoms with Crippen molar-refractivity contribution >= 4 is 40.6 Å². The van der Waals surface area contributed by atoms with Gasteiger partial charge in [-0.15, -0.1) is 0 Å². The molecule has 3 aromatic heterocycles. The SMILES string of the molecule is Cc1ccn2nc([C@H](C)Nc3ncnc(N)c3C#N)nc([As](CCN(C)C)c3cccc(O)c3)c12. The molecule has 1 aromatic carbocycles. The fourth-order valence-corrected chi connectivity index (χ4v) is 9.26. The van der Waals surface area contributed by atoms with Gasteiger partial charge in [-0.2, -0.15) is 0 Å². The van der Waals surface area contributed by atoms with Crippen molar-refractivity contribution in [1.29, 1.82) is 5.26 Å². The zero-order chi connectivity index (χ0) is 25.1. The minimum atomic E-state index is -1.95. The Bertz CT molecular complexity index is 1400. The number of phenolic OH excluding ortho intramolecular Hbond substituents is 1. The van der Waals surface area contributed by atoms with Crippen LogP contribution in [-0.2, 0) is 0 Å². The van der Waals surface area contributed by atoms with E-state index in [9.17, 15) is 10.4 Å². The van der Waals surface area contributed by atoms with Gasteiger partial charge in [-0.3, -0.25) is 0 Å². The molecule has 0 aliphatic heterocycles. The average Bonchev–Trinajstić information content (AvgIpc) is 3.20. The molecule has 3 heterocycles. The van der Waals surface area contributed by atoms with E-state index in [1.807, 2.05) is 35.8 Å². The summed E-state index contributed by atoms with van der Waals surface area (Å²) in [4.78, 5) is 15.4. The summed E-state index contributed by atoms with van der Waals surface area (Å²) in [5, 5.41) is 28.6. The number of nitrogen functional groups attached to an aromatic ring is 1. The molecule has 0 radical (unpaired) electrons. The first-order chi connectivity index (χ1) is 16.8. The number of nitrogens with one attached hydrogen (secondary N) is 1. The average molecular weight is 533 g/mol. The van der Waals surface area contributed by atoms with Crippen LogP contribution >= 0.6 is 0 Å². The molecule has 0 saturated heterocycles. The predicted molar refractivity (Wildman–Crippen MR) is 137 cm³/mol. The first kappa shape index (κ1) is 24.5. The maximum atomic E-state index is 10.2. The summed E-state index contributed by atoms with van der Waals surface area (Å²) in [6, 6.07) is 11.3. The fourth-order valence-electron chi connectivity index (χ4n) is 3.75. The van der Waals surface area contributed by atoms with E-state index < -0.39 is 14.7 Å². The van der Waals surface area contributed by atoms with Crippen LogP contribution in [0.15, 0.2) is 42.9 Å². The number of nitriles is 1. The van der Waals surface area contributed by atoms with Crippen LogP contribution in [0.2, 0.25) is 5.21 Å². The van der Waals surface area contributed by atoms with Gasteiger partial charge < -0.3 is 0 Å². The molecule has 0 aliphatic rings. The van der Waals surface area contributed by atoms with Crippen molar-refractivity contribution in [3.05, 3.63) is 59.8 Å². The number of rotatable bonds is 8. The molecule has 0 aliphatic carbocycles. The van der Waals surface area contributed by atoms with Gasteiger partial charge >= 0.3 is 209 Å². The van der Waals surface area contributed by atoms with E-state index in [0.29, 0.717) is 11.6 Å². The van der Waals surface area contributed by atoms with E-state index in [0.717, 1.165) is 31.7 Å². The Balaban J connectivity index is 1.82. The summed E-state index contributed by atoms with van der Waals surface area (Å²) in [6.07, 6.45) is 3.26. The van der Waals surface area contributed by atoms with Gasteiger partial charge in [-0.05, 0) is 0 Å². The van der Waals surface area contributed by atoms with E-state index in [2.05, 4.69) is 53.3 Å². The molecule has 11 heteroatoms. The van der Waals surface area contributed by atoms with E-state index in [4.69, 9.17) is 15.8 Å². The fraction of sp³-hybridized carbons (Fsp3) is 0.292. The first-order valence-electron chi connectivity index (χ1n) is 11.1. The number of nitrogens with zero attached hydrogens (tertiary/aromatic N) is 7. The van der Waals surface area contributed by atoms with Gasteiger partial charge in [-0.25, -0.2) is 0 Å². The van der Waals surface area contributed by atoms with Gasteiger partial charge in [0.15, 0.2) is 0 Å². The number of hydrogen-bond acceptors (Lipinski definition) is 9. The summed E-state index contributed by atoms with van der Waals surface area (Å²) in [7, 11) is 4.12. The Kier molecular flexibility index (Phi) is 7.20. The van der Waals surface area contributed by atoms with Gasteiger partial charge in [-0.1, -0.05) is 0 Å². The quantitative estimate of drug-likeness (QED) is 0.286. The molecule has 10 nitrogen and oxygen atoms in total. The van der Waals surface area contributed by atoms with Crippen molar-refractivity contribution in [3.63, 3.8) is 0 Å². The van der Waals surface area contributed by atoms with E-state index in [1.54, 1.807) is 6.07 Å². The number of aromatic hydroxyl groups is 1. The number of phenols is 1. The Morgan fingerprint density at radius 3 is 2.80 bits per heavy atom. The van der Waals surface area contributed by atoms with Gasteiger partial charge in [0.05, 0.1) is 0 Å². The summed E-state index contributed by atoms with van der Waals surface area (Å²) < 4.78 is 4.03. The minimum absolute atomic E-state index is 0.121. The van der Waals surface area contributed by atoms with Crippen LogP contribution in [0, 0.1) is 18.3 Å². The maximum absolute atomic E-state index is 10.2. The Labute approximate surface area is 208 Å². The zero-order valence-electron chi connectivity index (χ0n) is 20.1. The van der Waals surface area contributed by atoms with Crippen molar-refractivity contribution < 1.29 is 5.11 Å². The number of fused-ring (bicyclic) bond motifs is 1. The Hall–Kier alpha value is -3.67. The second-order valence-corrected chi connectivity index (χ2v) is 13.2. The molecule has 0 amide bonds. The number of anilines is 2. The zero-order valence-corrected chi connectivity index (χ0v) is 22.0. The second-order valence-electron chi connectivity index (χ2n) is 8.52. The molecule has 4 aromatic rings. The van der Waals surface area contributed by atoms with Crippen molar-refractivity contribution in [2.45, 2.75) is 25.1 Å². The number of aromatic nitrogens is 5. The van der Waals surface area contributed by atoms with Gasteiger partial charge in [0.25, 0.3) is 0 Å². The third-order valence-electron chi connectivity index (χ3n) is 5.61. The van der Waals surface area contributed by atoms with Crippen molar-refractivity contribution in [2.24, 2.45) is 0 Å². The molecule has 4 rings (SSSR count). The van der Waals surface area contributed by atoms with E-state index in [1.165, 1.54) is 6.33 Å². The number of aryl methyl sites for hydroxylation is 1. The molecule has 0 bridgehead atoms. The molecule has 0 fully saturated rings.